The number of hydrogen-bond acceptors (Lipinski definition) is 4. The number of anilines is 1. The Morgan fingerprint density at radius 3 is 2.04 bits per heavy atom. The average molecular weight is 355 g/mol. The number of carbonyl (C=O) groups excluding carboxylic acids is 1. The van der Waals surface area contributed by atoms with E-state index in [2.05, 4.69) is 15.5 Å². The van der Waals surface area contributed by atoms with E-state index in [0.29, 0.717) is 17.3 Å². The molecule has 0 atom stereocenters. The van der Waals surface area contributed by atoms with Crippen molar-refractivity contribution in [1.29, 1.82) is 0 Å². The molecule has 1 heterocycles. The van der Waals surface area contributed by atoms with E-state index in [4.69, 9.17) is 4.42 Å². The molecule has 0 saturated heterocycles. The van der Waals surface area contributed by atoms with E-state index in [1.54, 1.807) is 24.3 Å². The lowest BCUT2D eigenvalue weighted by molar-refractivity contribution is 0.102. The van der Waals surface area contributed by atoms with Gasteiger partial charge < -0.3 is 9.73 Å². The molecule has 0 unspecified atom stereocenters. The standard InChI is InChI=1S/C22H17N3O2/c1-15-7-5-6-10-19(15)23-20(26)16-11-13-18(14-12-16)22-25-24-21(27-22)17-8-3-2-4-9-17/h2-14H,1H3,(H,23,26). The molecular weight excluding hydrogens is 338 g/mol. The normalized spacial score (nSPS) is 10.6. The van der Waals surface area contributed by atoms with Gasteiger partial charge in [-0.2, -0.15) is 0 Å². The van der Waals surface area contributed by atoms with Gasteiger partial charge in [0.25, 0.3) is 5.91 Å². The third kappa shape index (κ3) is 3.62. The second-order valence-corrected chi connectivity index (χ2v) is 6.12. The van der Waals surface area contributed by atoms with Crippen LogP contribution >= 0.6 is 0 Å². The fraction of sp³-hybridized carbons (Fsp3) is 0.0455. The van der Waals surface area contributed by atoms with Crippen LogP contribution in [0.4, 0.5) is 5.69 Å². The predicted molar refractivity (Wildman–Crippen MR) is 104 cm³/mol. The third-order valence-corrected chi connectivity index (χ3v) is 4.23. The summed E-state index contributed by atoms with van der Waals surface area (Å²) < 4.78 is 5.74. The predicted octanol–water partition coefficient (Wildman–Crippen LogP) is 4.96. The molecule has 4 aromatic rings. The van der Waals surface area contributed by atoms with Crippen molar-refractivity contribution >= 4 is 11.6 Å². The van der Waals surface area contributed by atoms with E-state index < -0.39 is 0 Å². The first-order valence-corrected chi connectivity index (χ1v) is 8.57. The third-order valence-electron chi connectivity index (χ3n) is 4.23. The van der Waals surface area contributed by atoms with Gasteiger partial charge in [0.15, 0.2) is 0 Å². The molecule has 1 aromatic heterocycles. The molecule has 132 valence electrons. The molecule has 0 radical (unpaired) electrons. The molecular formula is C22H17N3O2. The topological polar surface area (TPSA) is 68.0 Å². The second-order valence-electron chi connectivity index (χ2n) is 6.12. The fourth-order valence-corrected chi connectivity index (χ4v) is 2.71. The van der Waals surface area contributed by atoms with Crippen LogP contribution < -0.4 is 5.32 Å². The number of benzene rings is 3. The first kappa shape index (κ1) is 16.7. The van der Waals surface area contributed by atoms with E-state index in [1.807, 2.05) is 61.5 Å². The van der Waals surface area contributed by atoms with Crippen LogP contribution in [0.2, 0.25) is 0 Å². The molecule has 0 aliphatic heterocycles. The summed E-state index contributed by atoms with van der Waals surface area (Å²) in [6.07, 6.45) is 0. The van der Waals surface area contributed by atoms with E-state index >= 15 is 0 Å². The van der Waals surface area contributed by atoms with Crippen molar-refractivity contribution < 1.29 is 9.21 Å². The summed E-state index contributed by atoms with van der Waals surface area (Å²) in [5.41, 5.74) is 4.00. The highest BCUT2D eigenvalue weighted by Crippen LogP contribution is 2.24. The van der Waals surface area contributed by atoms with Gasteiger partial charge in [-0.05, 0) is 55.0 Å². The zero-order chi connectivity index (χ0) is 18.6. The van der Waals surface area contributed by atoms with Crippen LogP contribution in [0.25, 0.3) is 22.9 Å². The molecule has 0 aliphatic rings. The van der Waals surface area contributed by atoms with Crippen molar-refractivity contribution in [3.63, 3.8) is 0 Å². The fourth-order valence-electron chi connectivity index (χ4n) is 2.71. The Balaban J connectivity index is 1.52. The highest BCUT2D eigenvalue weighted by Gasteiger charge is 2.12. The van der Waals surface area contributed by atoms with Crippen molar-refractivity contribution in [3.8, 4) is 22.9 Å². The number of rotatable bonds is 4. The van der Waals surface area contributed by atoms with Crippen molar-refractivity contribution in [2.45, 2.75) is 6.92 Å². The summed E-state index contributed by atoms with van der Waals surface area (Å²) in [6.45, 7) is 1.96. The van der Waals surface area contributed by atoms with Gasteiger partial charge in [-0.1, -0.05) is 36.4 Å². The minimum Gasteiger partial charge on any atom is -0.416 e. The Bertz CT molecular complexity index is 1070. The quantitative estimate of drug-likeness (QED) is 0.561. The second kappa shape index (κ2) is 7.25. The molecule has 0 aliphatic carbocycles. The summed E-state index contributed by atoms with van der Waals surface area (Å²) >= 11 is 0. The zero-order valence-electron chi connectivity index (χ0n) is 14.7. The van der Waals surface area contributed by atoms with Crippen LogP contribution in [0.15, 0.2) is 83.3 Å². The van der Waals surface area contributed by atoms with Crippen LogP contribution in [0, 0.1) is 6.92 Å². The van der Waals surface area contributed by atoms with E-state index in [9.17, 15) is 4.79 Å². The van der Waals surface area contributed by atoms with E-state index in [-0.39, 0.29) is 5.91 Å². The number of carbonyl (C=O) groups is 1. The molecule has 0 fully saturated rings. The summed E-state index contributed by atoms with van der Waals surface area (Å²) in [4.78, 5) is 12.4. The highest BCUT2D eigenvalue weighted by atomic mass is 16.4. The summed E-state index contributed by atoms with van der Waals surface area (Å²) in [5.74, 6) is 0.720. The van der Waals surface area contributed by atoms with Gasteiger partial charge in [-0.25, -0.2) is 0 Å². The summed E-state index contributed by atoms with van der Waals surface area (Å²) in [5, 5.41) is 11.1. The van der Waals surface area contributed by atoms with Crippen molar-refractivity contribution in [2.24, 2.45) is 0 Å². The lowest BCUT2D eigenvalue weighted by Crippen LogP contribution is -2.12. The number of hydrogen-bond donors (Lipinski definition) is 1. The first-order valence-electron chi connectivity index (χ1n) is 8.57. The Morgan fingerprint density at radius 2 is 1.37 bits per heavy atom. The number of amides is 1. The van der Waals surface area contributed by atoms with Crippen molar-refractivity contribution in [1.82, 2.24) is 10.2 Å². The molecule has 4 rings (SSSR count). The minimum atomic E-state index is -0.161. The number of para-hydroxylation sites is 1. The number of nitrogens with one attached hydrogen (secondary N) is 1. The Hall–Kier alpha value is -3.73. The van der Waals surface area contributed by atoms with Crippen LogP contribution in [-0.2, 0) is 0 Å². The Morgan fingerprint density at radius 1 is 0.778 bits per heavy atom. The summed E-state index contributed by atoms with van der Waals surface area (Å²) in [6, 6.07) is 24.4. The lowest BCUT2D eigenvalue weighted by Gasteiger charge is -2.08. The van der Waals surface area contributed by atoms with Crippen LogP contribution in [0.1, 0.15) is 15.9 Å². The molecule has 5 nitrogen and oxygen atoms in total. The molecule has 0 bridgehead atoms. The van der Waals surface area contributed by atoms with Gasteiger partial charge in [-0.3, -0.25) is 4.79 Å². The molecule has 0 spiro atoms. The van der Waals surface area contributed by atoms with Gasteiger partial charge >= 0.3 is 0 Å². The van der Waals surface area contributed by atoms with Gasteiger partial charge in [0.1, 0.15) is 0 Å². The van der Waals surface area contributed by atoms with E-state index in [1.165, 1.54) is 0 Å². The Labute approximate surface area is 156 Å². The summed E-state index contributed by atoms with van der Waals surface area (Å²) in [7, 11) is 0. The minimum absolute atomic E-state index is 0.161. The molecule has 27 heavy (non-hydrogen) atoms. The van der Waals surface area contributed by atoms with E-state index in [0.717, 1.165) is 22.4 Å². The van der Waals surface area contributed by atoms with Crippen LogP contribution in [0.5, 0.6) is 0 Å². The number of aryl methyl sites for hydroxylation is 1. The van der Waals surface area contributed by atoms with Gasteiger partial charge in [0.05, 0.1) is 0 Å². The zero-order valence-corrected chi connectivity index (χ0v) is 14.7. The molecule has 1 N–H and O–H groups in total. The maximum Gasteiger partial charge on any atom is 0.255 e. The molecule has 5 heteroatoms. The van der Waals surface area contributed by atoms with Gasteiger partial charge in [0, 0.05) is 22.4 Å². The molecule has 0 saturated carbocycles. The van der Waals surface area contributed by atoms with Gasteiger partial charge in [0.2, 0.25) is 11.8 Å². The van der Waals surface area contributed by atoms with Gasteiger partial charge in [-0.15, -0.1) is 10.2 Å². The highest BCUT2D eigenvalue weighted by molar-refractivity contribution is 6.04. The lowest BCUT2D eigenvalue weighted by atomic mass is 10.1. The monoisotopic (exact) mass is 355 g/mol. The molecule has 3 aromatic carbocycles. The first-order chi connectivity index (χ1) is 13.2. The number of nitrogens with zero attached hydrogens (tertiary/aromatic N) is 2. The smallest absolute Gasteiger partial charge is 0.255 e. The average Bonchev–Trinajstić information content (AvgIpc) is 3.21. The molecule has 1 amide bonds. The van der Waals surface area contributed by atoms with Crippen LogP contribution in [0.3, 0.4) is 0 Å². The Kier molecular flexibility index (Phi) is 4.49. The van der Waals surface area contributed by atoms with Crippen molar-refractivity contribution in [3.05, 3.63) is 90.0 Å². The van der Waals surface area contributed by atoms with Crippen LogP contribution in [-0.4, -0.2) is 16.1 Å². The number of aromatic nitrogens is 2. The SMILES string of the molecule is Cc1ccccc1NC(=O)c1ccc(-c2nnc(-c3ccccc3)o2)cc1. The maximum atomic E-state index is 12.4. The van der Waals surface area contributed by atoms with Crippen molar-refractivity contribution in [2.75, 3.05) is 5.32 Å². The largest absolute Gasteiger partial charge is 0.416 e. The maximum absolute atomic E-state index is 12.4.